The van der Waals surface area contributed by atoms with Crippen molar-refractivity contribution in [2.45, 2.75) is 12.5 Å². The van der Waals surface area contributed by atoms with Crippen LogP contribution in [-0.4, -0.2) is 37.2 Å². The predicted octanol–water partition coefficient (Wildman–Crippen LogP) is 2.12. The molecule has 0 aliphatic heterocycles. The molecule has 0 atom stereocenters. The van der Waals surface area contributed by atoms with Crippen LogP contribution in [0.1, 0.15) is 5.56 Å². The van der Waals surface area contributed by atoms with Gasteiger partial charge in [-0.15, -0.1) is 0 Å². The lowest BCUT2D eigenvalue weighted by Crippen LogP contribution is -2.43. The number of aryl methyl sites for hydroxylation is 1. The predicted molar refractivity (Wildman–Crippen MR) is 68.3 cm³/mol. The van der Waals surface area contributed by atoms with Crippen LogP contribution in [0.25, 0.3) is 0 Å². The molecule has 1 aromatic rings. The van der Waals surface area contributed by atoms with Gasteiger partial charge in [-0.05, 0) is 18.1 Å². The van der Waals surface area contributed by atoms with Crippen molar-refractivity contribution in [1.82, 2.24) is 0 Å². The van der Waals surface area contributed by atoms with Gasteiger partial charge in [-0.3, -0.25) is 0 Å². The molecular weight excluding hydrogens is 236 g/mol. The number of methoxy groups -OCH3 is 1. The van der Waals surface area contributed by atoms with Crippen molar-refractivity contribution in [2.24, 2.45) is 0 Å². The quantitative estimate of drug-likeness (QED) is 0.700. The number of hydrogen-bond donors (Lipinski definition) is 0. The van der Waals surface area contributed by atoms with Crippen LogP contribution in [0.15, 0.2) is 24.3 Å². The Labute approximate surface area is 104 Å². The lowest BCUT2D eigenvalue weighted by Gasteiger charge is -2.24. The van der Waals surface area contributed by atoms with Crippen LogP contribution in [0.3, 0.4) is 0 Å². The molecule has 1 rings (SSSR count). The highest BCUT2D eigenvalue weighted by Gasteiger charge is 2.37. The molecule has 0 bridgehead atoms. The fraction of sp³-hybridized carbons (Fsp3) is 0.500. The van der Waals surface area contributed by atoms with Crippen molar-refractivity contribution in [2.75, 3.05) is 28.4 Å². The largest absolute Gasteiger partial charge is 0.500 e. The summed E-state index contributed by atoms with van der Waals surface area (Å²) in [7, 11) is 4.06. The van der Waals surface area contributed by atoms with Crippen molar-refractivity contribution in [1.29, 1.82) is 0 Å². The van der Waals surface area contributed by atoms with Gasteiger partial charge in [0.2, 0.25) is 0 Å². The second-order valence-corrected chi connectivity index (χ2v) is 6.70. The molecule has 0 radical (unpaired) electrons. The Hall–Kier alpha value is -0.883. The zero-order valence-corrected chi connectivity index (χ0v) is 11.9. The van der Waals surface area contributed by atoms with E-state index in [1.807, 2.05) is 24.3 Å². The molecule has 0 aromatic heterocycles. The number of benzene rings is 1. The highest BCUT2D eigenvalue weighted by molar-refractivity contribution is 6.60. The molecule has 1 aromatic carbocycles. The fourth-order valence-corrected chi connectivity index (χ4v) is 3.44. The summed E-state index contributed by atoms with van der Waals surface area (Å²) in [5.41, 5.74) is 1.14. The van der Waals surface area contributed by atoms with E-state index in [2.05, 4.69) is 0 Å². The standard InChI is InChI=1S/C12H20O4Si/c1-13-12-8-6-5-7-11(12)9-10-17(14-2,15-3)16-4/h5-8H,9-10H2,1-4H3. The molecule has 0 saturated carbocycles. The van der Waals surface area contributed by atoms with Gasteiger partial charge < -0.3 is 18.0 Å². The van der Waals surface area contributed by atoms with E-state index in [0.29, 0.717) is 0 Å². The number of rotatable bonds is 7. The van der Waals surface area contributed by atoms with Crippen LogP contribution in [0.2, 0.25) is 6.04 Å². The van der Waals surface area contributed by atoms with Crippen molar-refractivity contribution < 1.29 is 18.0 Å². The maximum absolute atomic E-state index is 5.39. The zero-order chi connectivity index (χ0) is 12.7. The molecule has 0 N–H and O–H groups in total. The van der Waals surface area contributed by atoms with Gasteiger partial charge in [0.05, 0.1) is 7.11 Å². The summed E-state index contributed by atoms with van der Waals surface area (Å²) in [5, 5.41) is 0. The van der Waals surface area contributed by atoms with Gasteiger partial charge in [0.15, 0.2) is 0 Å². The van der Waals surface area contributed by atoms with Gasteiger partial charge in [-0.25, -0.2) is 0 Å². The molecule has 17 heavy (non-hydrogen) atoms. The Kier molecular flexibility index (Phi) is 5.63. The molecule has 0 heterocycles. The third kappa shape index (κ3) is 3.54. The van der Waals surface area contributed by atoms with Crippen molar-refractivity contribution in [3.05, 3.63) is 29.8 Å². The molecule has 0 spiro atoms. The summed E-state index contributed by atoms with van der Waals surface area (Å²) in [6, 6.07) is 8.67. The lowest BCUT2D eigenvalue weighted by molar-refractivity contribution is 0.123. The van der Waals surface area contributed by atoms with E-state index in [4.69, 9.17) is 18.0 Å². The van der Waals surface area contributed by atoms with Crippen LogP contribution >= 0.6 is 0 Å². The van der Waals surface area contributed by atoms with Gasteiger partial charge in [-0.1, -0.05) is 18.2 Å². The Morgan fingerprint density at radius 2 is 1.53 bits per heavy atom. The Bertz CT molecular complexity index is 331. The average molecular weight is 256 g/mol. The van der Waals surface area contributed by atoms with Crippen LogP contribution in [0.5, 0.6) is 5.75 Å². The summed E-state index contributed by atoms with van der Waals surface area (Å²) in [4.78, 5) is 0. The molecule has 0 aliphatic carbocycles. The highest BCUT2D eigenvalue weighted by atomic mass is 28.4. The van der Waals surface area contributed by atoms with Crippen LogP contribution < -0.4 is 4.74 Å². The summed E-state index contributed by atoms with van der Waals surface area (Å²) in [5.74, 6) is 0.888. The van der Waals surface area contributed by atoms with E-state index < -0.39 is 8.80 Å². The van der Waals surface area contributed by atoms with Gasteiger partial charge >= 0.3 is 8.80 Å². The van der Waals surface area contributed by atoms with E-state index in [1.165, 1.54) is 0 Å². The minimum absolute atomic E-state index is 0.733. The van der Waals surface area contributed by atoms with E-state index in [0.717, 1.165) is 23.8 Å². The van der Waals surface area contributed by atoms with Gasteiger partial charge in [0.25, 0.3) is 0 Å². The van der Waals surface area contributed by atoms with Gasteiger partial charge in [-0.2, -0.15) is 0 Å². The smallest absolute Gasteiger partial charge is 0.496 e. The van der Waals surface area contributed by atoms with E-state index in [9.17, 15) is 0 Å². The molecule has 0 fully saturated rings. The first kappa shape index (κ1) is 14.2. The second-order valence-electron chi connectivity index (χ2n) is 3.61. The zero-order valence-electron chi connectivity index (χ0n) is 10.9. The first-order chi connectivity index (χ1) is 8.21. The first-order valence-electron chi connectivity index (χ1n) is 5.48. The Morgan fingerprint density at radius 1 is 0.941 bits per heavy atom. The van der Waals surface area contributed by atoms with Crippen LogP contribution in [-0.2, 0) is 19.7 Å². The minimum Gasteiger partial charge on any atom is -0.496 e. The fourth-order valence-electron chi connectivity index (χ4n) is 1.75. The third-order valence-corrected chi connectivity index (χ3v) is 5.55. The molecule has 0 unspecified atom stereocenters. The topological polar surface area (TPSA) is 36.9 Å². The minimum atomic E-state index is -2.49. The van der Waals surface area contributed by atoms with Crippen molar-refractivity contribution >= 4 is 8.80 Å². The number of ether oxygens (including phenoxy) is 1. The van der Waals surface area contributed by atoms with Gasteiger partial charge in [0.1, 0.15) is 5.75 Å². The first-order valence-corrected chi connectivity index (χ1v) is 7.42. The molecule has 96 valence electrons. The number of para-hydroxylation sites is 1. The maximum Gasteiger partial charge on any atom is 0.500 e. The Balaban J connectivity index is 2.71. The summed E-state index contributed by atoms with van der Waals surface area (Å²) in [6.07, 6.45) is 0.811. The molecule has 5 heteroatoms. The monoisotopic (exact) mass is 256 g/mol. The van der Waals surface area contributed by atoms with E-state index >= 15 is 0 Å². The average Bonchev–Trinajstić information content (AvgIpc) is 2.41. The van der Waals surface area contributed by atoms with Crippen molar-refractivity contribution in [3.8, 4) is 5.75 Å². The van der Waals surface area contributed by atoms with Crippen molar-refractivity contribution in [3.63, 3.8) is 0 Å². The summed E-state index contributed by atoms with van der Waals surface area (Å²) in [6.45, 7) is 0. The van der Waals surface area contributed by atoms with Gasteiger partial charge in [0, 0.05) is 27.4 Å². The van der Waals surface area contributed by atoms with Crippen LogP contribution in [0, 0.1) is 0 Å². The molecule has 0 aliphatic rings. The second kappa shape index (κ2) is 6.76. The normalized spacial score (nSPS) is 11.5. The third-order valence-electron chi connectivity index (χ3n) is 2.83. The molecular formula is C12H20O4Si. The summed E-state index contributed by atoms with van der Waals surface area (Å²) < 4.78 is 21.5. The number of hydrogen-bond acceptors (Lipinski definition) is 4. The molecule has 4 nitrogen and oxygen atoms in total. The molecule has 0 amide bonds. The van der Waals surface area contributed by atoms with E-state index in [-0.39, 0.29) is 0 Å². The van der Waals surface area contributed by atoms with E-state index in [1.54, 1.807) is 28.4 Å². The highest BCUT2D eigenvalue weighted by Crippen LogP contribution is 2.23. The van der Waals surface area contributed by atoms with Crippen LogP contribution in [0.4, 0.5) is 0 Å². The molecule has 0 saturated heterocycles. The lowest BCUT2D eigenvalue weighted by atomic mass is 10.1. The SMILES string of the molecule is COc1ccccc1CC[Si](OC)(OC)OC. The summed E-state index contributed by atoms with van der Waals surface area (Å²) >= 11 is 0. The Morgan fingerprint density at radius 3 is 2.06 bits per heavy atom. The maximum atomic E-state index is 5.39.